The van der Waals surface area contributed by atoms with Crippen LogP contribution in [-0.4, -0.2) is 27.1 Å². The normalized spacial score (nSPS) is 17.7. The van der Waals surface area contributed by atoms with Gasteiger partial charge in [0.2, 0.25) is 0 Å². The fourth-order valence-electron chi connectivity index (χ4n) is 3.13. The number of benzene rings is 1. The van der Waals surface area contributed by atoms with Crippen LogP contribution in [0.3, 0.4) is 0 Å². The van der Waals surface area contributed by atoms with Gasteiger partial charge in [0.1, 0.15) is 0 Å². The third-order valence-electron chi connectivity index (χ3n) is 4.56. The molecule has 0 radical (unpaired) electrons. The zero-order valence-electron chi connectivity index (χ0n) is 12.9. The fraction of sp³-hybridized carbons (Fsp3) is 0.412. The number of alkyl halides is 3. The second kappa shape index (κ2) is 5.36. The summed E-state index contributed by atoms with van der Waals surface area (Å²) in [5.41, 5.74) is 0.754. The minimum absolute atomic E-state index is 0.291. The number of halogens is 3. The second-order valence-corrected chi connectivity index (χ2v) is 6.33. The number of carbonyl (C=O) groups is 1. The van der Waals surface area contributed by atoms with Crippen molar-refractivity contribution >= 4 is 5.91 Å². The highest BCUT2D eigenvalue weighted by Gasteiger charge is 2.36. The molecule has 1 saturated carbocycles. The van der Waals surface area contributed by atoms with Gasteiger partial charge in [0.05, 0.1) is 35.6 Å². The molecule has 1 aromatic heterocycles. The molecule has 0 atom stereocenters. The van der Waals surface area contributed by atoms with Crippen LogP contribution in [0.1, 0.15) is 46.1 Å². The summed E-state index contributed by atoms with van der Waals surface area (Å²) >= 11 is 0. The first kappa shape index (κ1) is 15.2. The Morgan fingerprint density at radius 1 is 1.17 bits per heavy atom. The maximum atomic E-state index is 13.1. The summed E-state index contributed by atoms with van der Waals surface area (Å²) in [7, 11) is 0. The van der Waals surface area contributed by atoms with Gasteiger partial charge in [0.15, 0.2) is 0 Å². The third-order valence-corrected chi connectivity index (χ3v) is 4.56. The van der Waals surface area contributed by atoms with Crippen LogP contribution in [0, 0.1) is 0 Å². The van der Waals surface area contributed by atoms with Gasteiger partial charge in [-0.3, -0.25) is 9.48 Å². The molecule has 1 aromatic carbocycles. The quantitative estimate of drug-likeness (QED) is 0.843. The molecule has 0 saturated heterocycles. The molecule has 0 bridgehead atoms. The van der Waals surface area contributed by atoms with Crippen molar-refractivity contribution in [3.8, 4) is 0 Å². The lowest BCUT2D eigenvalue weighted by atomic mass is 10.1. The molecule has 4 nitrogen and oxygen atoms in total. The fourth-order valence-corrected chi connectivity index (χ4v) is 3.13. The van der Waals surface area contributed by atoms with Crippen LogP contribution in [0.15, 0.2) is 30.3 Å². The lowest BCUT2D eigenvalue weighted by Gasteiger charge is -2.28. The molecular weight excluding hydrogens is 319 g/mol. The first-order chi connectivity index (χ1) is 11.4. The molecule has 126 valence electrons. The van der Waals surface area contributed by atoms with Crippen LogP contribution >= 0.6 is 0 Å². The molecule has 2 heterocycles. The number of hydrogen-bond donors (Lipinski definition) is 0. The first-order valence-electron chi connectivity index (χ1n) is 7.95. The minimum Gasteiger partial charge on any atom is -0.331 e. The zero-order valence-corrected chi connectivity index (χ0v) is 12.9. The van der Waals surface area contributed by atoms with Crippen LogP contribution in [0.4, 0.5) is 13.2 Å². The van der Waals surface area contributed by atoms with Gasteiger partial charge in [-0.25, -0.2) is 0 Å². The highest BCUT2D eigenvalue weighted by atomic mass is 19.4. The maximum Gasteiger partial charge on any atom is 0.417 e. The lowest BCUT2D eigenvalue weighted by molar-refractivity contribution is -0.138. The largest absolute Gasteiger partial charge is 0.417 e. The average molecular weight is 335 g/mol. The van der Waals surface area contributed by atoms with E-state index in [-0.39, 0.29) is 5.56 Å². The minimum atomic E-state index is -4.54. The van der Waals surface area contributed by atoms with E-state index in [1.807, 2.05) is 10.7 Å². The number of carbonyl (C=O) groups excluding carboxylic acids is 1. The van der Waals surface area contributed by atoms with Gasteiger partial charge >= 0.3 is 6.18 Å². The van der Waals surface area contributed by atoms with Crippen LogP contribution < -0.4 is 0 Å². The van der Waals surface area contributed by atoms with Crippen LogP contribution in [0.2, 0.25) is 0 Å². The van der Waals surface area contributed by atoms with Gasteiger partial charge in [-0.1, -0.05) is 12.1 Å². The van der Waals surface area contributed by atoms with Crippen molar-refractivity contribution in [3.05, 3.63) is 52.8 Å². The molecule has 1 aliphatic carbocycles. The summed E-state index contributed by atoms with van der Waals surface area (Å²) in [6.45, 7) is 1.18. The summed E-state index contributed by atoms with van der Waals surface area (Å²) in [5, 5.41) is 4.53. The highest BCUT2D eigenvalue weighted by Crippen LogP contribution is 2.40. The van der Waals surface area contributed by atoms with E-state index in [2.05, 4.69) is 5.10 Å². The van der Waals surface area contributed by atoms with Gasteiger partial charge in [0.25, 0.3) is 5.91 Å². The molecular formula is C17H16F3N3O. The molecule has 0 spiro atoms. The molecule has 0 N–H and O–H groups in total. The van der Waals surface area contributed by atoms with Crippen LogP contribution in [0.5, 0.6) is 0 Å². The molecule has 24 heavy (non-hydrogen) atoms. The topological polar surface area (TPSA) is 38.1 Å². The maximum absolute atomic E-state index is 13.1. The van der Waals surface area contributed by atoms with E-state index < -0.39 is 17.6 Å². The number of fused-ring (bicyclic) bond motifs is 1. The molecule has 0 unspecified atom stereocenters. The van der Waals surface area contributed by atoms with E-state index in [1.54, 1.807) is 0 Å². The van der Waals surface area contributed by atoms with Gasteiger partial charge in [-0.05, 0) is 31.0 Å². The van der Waals surface area contributed by atoms with Crippen molar-refractivity contribution in [2.75, 3.05) is 6.54 Å². The lowest BCUT2D eigenvalue weighted by Crippen LogP contribution is -2.39. The standard InChI is InChI=1S/C17H16F3N3O/c18-17(19,20)14-4-2-1-3-13(14)16(24)22-7-8-23-12(10-22)9-15(21-23)11-5-6-11/h1-4,9,11H,5-8,10H2. The van der Waals surface area contributed by atoms with Gasteiger partial charge in [-0.2, -0.15) is 18.3 Å². The Hall–Kier alpha value is -2.31. The zero-order chi connectivity index (χ0) is 16.9. The Labute approximate surface area is 136 Å². The van der Waals surface area contributed by atoms with Gasteiger partial charge in [0, 0.05) is 12.5 Å². The summed E-state index contributed by atoms with van der Waals surface area (Å²) < 4.78 is 41.3. The highest BCUT2D eigenvalue weighted by molar-refractivity contribution is 5.96. The molecule has 7 heteroatoms. The SMILES string of the molecule is O=C(c1ccccc1C(F)(F)F)N1CCn2nc(C3CC3)cc2C1. The van der Waals surface area contributed by atoms with Gasteiger partial charge < -0.3 is 4.90 Å². The van der Waals surface area contributed by atoms with Crippen molar-refractivity contribution in [1.29, 1.82) is 0 Å². The first-order valence-corrected chi connectivity index (χ1v) is 7.95. The van der Waals surface area contributed by atoms with Crippen LogP contribution in [0.25, 0.3) is 0 Å². The second-order valence-electron chi connectivity index (χ2n) is 6.33. The number of amides is 1. The van der Waals surface area contributed by atoms with E-state index in [9.17, 15) is 18.0 Å². The molecule has 1 fully saturated rings. The molecule has 2 aromatic rings. The predicted octanol–water partition coefficient (Wildman–Crippen LogP) is 3.44. The molecule has 1 amide bonds. The summed E-state index contributed by atoms with van der Waals surface area (Å²) in [6, 6.07) is 6.93. The summed E-state index contributed by atoms with van der Waals surface area (Å²) in [4.78, 5) is 14.1. The van der Waals surface area contributed by atoms with E-state index in [1.165, 1.54) is 23.1 Å². The Kier molecular flexibility index (Phi) is 3.40. The average Bonchev–Trinajstić information content (AvgIpc) is 3.32. The summed E-state index contributed by atoms with van der Waals surface area (Å²) in [5.74, 6) is -0.0680. The monoisotopic (exact) mass is 335 g/mol. The number of rotatable bonds is 2. The predicted molar refractivity (Wildman–Crippen MR) is 80.4 cm³/mol. The van der Waals surface area contributed by atoms with E-state index >= 15 is 0 Å². The third kappa shape index (κ3) is 2.68. The van der Waals surface area contributed by atoms with E-state index in [0.29, 0.717) is 25.6 Å². The van der Waals surface area contributed by atoms with Gasteiger partial charge in [-0.15, -0.1) is 0 Å². The molecule has 2 aliphatic rings. The Bertz CT molecular complexity index is 793. The Morgan fingerprint density at radius 3 is 2.62 bits per heavy atom. The Morgan fingerprint density at radius 2 is 1.92 bits per heavy atom. The van der Waals surface area contributed by atoms with Crippen LogP contribution in [-0.2, 0) is 19.3 Å². The number of aromatic nitrogens is 2. The molecule has 4 rings (SSSR count). The van der Waals surface area contributed by atoms with E-state index in [0.717, 1.165) is 30.3 Å². The Balaban J connectivity index is 1.59. The smallest absolute Gasteiger partial charge is 0.331 e. The van der Waals surface area contributed by atoms with E-state index in [4.69, 9.17) is 0 Å². The van der Waals surface area contributed by atoms with Crippen molar-refractivity contribution in [1.82, 2.24) is 14.7 Å². The van der Waals surface area contributed by atoms with Crippen molar-refractivity contribution in [2.45, 2.75) is 38.0 Å². The van der Waals surface area contributed by atoms with Crippen molar-refractivity contribution in [2.24, 2.45) is 0 Å². The number of nitrogens with zero attached hydrogens (tertiary/aromatic N) is 3. The number of hydrogen-bond acceptors (Lipinski definition) is 2. The summed E-state index contributed by atoms with van der Waals surface area (Å²) in [6.07, 6.45) is -2.26. The molecule has 1 aliphatic heterocycles. The van der Waals surface area contributed by atoms with Crippen molar-refractivity contribution in [3.63, 3.8) is 0 Å². The van der Waals surface area contributed by atoms with Crippen molar-refractivity contribution < 1.29 is 18.0 Å².